The molecule has 140 valence electrons. The maximum Gasteiger partial charge on any atom is 0.318 e. The molecule has 4 rings (SSSR count). The van der Waals surface area contributed by atoms with Crippen molar-refractivity contribution in [3.8, 4) is 11.3 Å². The van der Waals surface area contributed by atoms with Crippen LogP contribution in [0.15, 0.2) is 47.5 Å². The number of carbonyl (C=O) groups excluding carboxylic acids is 1. The number of rotatable bonds is 6. The summed E-state index contributed by atoms with van der Waals surface area (Å²) in [6, 6.07) is 5.35. The number of nitrogens with one attached hydrogen (secondary N) is 1. The molecule has 2 amide bonds. The lowest BCUT2D eigenvalue weighted by atomic mass is 10.1. The van der Waals surface area contributed by atoms with Crippen LogP contribution < -0.4 is 5.32 Å². The van der Waals surface area contributed by atoms with Crippen LogP contribution in [0, 0.1) is 5.92 Å². The predicted molar refractivity (Wildman–Crippen MR) is 98.4 cm³/mol. The predicted octanol–water partition coefficient (Wildman–Crippen LogP) is 2.76. The third-order valence-electron chi connectivity index (χ3n) is 4.78. The lowest BCUT2D eigenvalue weighted by Crippen LogP contribution is -2.40. The van der Waals surface area contributed by atoms with Crippen molar-refractivity contribution in [1.82, 2.24) is 29.9 Å². The second-order valence-electron chi connectivity index (χ2n) is 6.93. The first kappa shape index (κ1) is 17.3. The van der Waals surface area contributed by atoms with Crippen LogP contribution >= 0.6 is 0 Å². The van der Waals surface area contributed by atoms with Gasteiger partial charge in [0.1, 0.15) is 11.5 Å². The van der Waals surface area contributed by atoms with E-state index in [2.05, 4.69) is 20.4 Å². The van der Waals surface area contributed by atoms with Crippen molar-refractivity contribution in [3.05, 3.63) is 54.6 Å². The van der Waals surface area contributed by atoms with Gasteiger partial charge >= 0.3 is 6.03 Å². The molecule has 1 atom stereocenters. The summed E-state index contributed by atoms with van der Waals surface area (Å²) in [7, 11) is 3.69. The molecule has 0 aromatic carbocycles. The number of urea groups is 1. The molecular formula is C19H22N6O2. The lowest BCUT2D eigenvalue weighted by molar-refractivity contribution is 0.194. The summed E-state index contributed by atoms with van der Waals surface area (Å²) in [5.74, 6) is 1.96. The van der Waals surface area contributed by atoms with Gasteiger partial charge < -0.3 is 19.3 Å². The van der Waals surface area contributed by atoms with Crippen LogP contribution in [-0.2, 0) is 13.6 Å². The van der Waals surface area contributed by atoms with E-state index in [0.29, 0.717) is 18.2 Å². The minimum atomic E-state index is -0.156. The molecule has 0 aliphatic heterocycles. The topological polar surface area (TPSA) is 89.1 Å². The van der Waals surface area contributed by atoms with E-state index in [1.54, 1.807) is 30.5 Å². The van der Waals surface area contributed by atoms with E-state index in [4.69, 9.17) is 4.52 Å². The number of aromatic nitrogens is 4. The summed E-state index contributed by atoms with van der Waals surface area (Å²) in [4.78, 5) is 22.7. The maximum atomic E-state index is 12.7. The monoisotopic (exact) mass is 366 g/mol. The van der Waals surface area contributed by atoms with Crippen molar-refractivity contribution in [2.24, 2.45) is 13.0 Å². The van der Waals surface area contributed by atoms with Crippen molar-refractivity contribution in [2.45, 2.75) is 25.4 Å². The van der Waals surface area contributed by atoms with Crippen molar-refractivity contribution in [1.29, 1.82) is 0 Å². The third-order valence-corrected chi connectivity index (χ3v) is 4.78. The Morgan fingerprint density at radius 1 is 1.37 bits per heavy atom. The summed E-state index contributed by atoms with van der Waals surface area (Å²) in [5.41, 5.74) is 1.65. The Bertz CT molecular complexity index is 915. The number of imidazole rings is 1. The van der Waals surface area contributed by atoms with E-state index in [0.717, 1.165) is 29.9 Å². The first-order valence-corrected chi connectivity index (χ1v) is 8.96. The Hall–Kier alpha value is -3.16. The zero-order valence-electron chi connectivity index (χ0n) is 15.4. The molecule has 1 unspecified atom stereocenters. The van der Waals surface area contributed by atoms with Crippen LogP contribution in [0.25, 0.3) is 11.3 Å². The molecule has 8 nitrogen and oxygen atoms in total. The summed E-state index contributed by atoms with van der Waals surface area (Å²) < 4.78 is 7.35. The van der Waals surface area contributed by atoms with Crippen LogP contribution in [0.1, 0.15) is 30.5 Å². The molecule has 1 aliphatic rings. The van der Waals surface area contributed by atoms with Crippen molar-refractivity contribution < 1.29 is 9.32 Å². The molecule has 1 aliphatic carbocycles. The average Bonchev–Trinajstić information content (AvgIpc) is 3.27. The summed E-state index contributed by atoms with van der Waals surface area (Å²) >= 11 is 0. The van der Waals surface area contributed by atoms with E-state index in [-0.39, 0.29) is 12.1 Å². The Kier molecular flexibility index (Phi) is 4.62. The largest absolute Gasteiger partial charge is 0.359 e. The quantitative estimate of drug-likeness (QED) is 0.725. The molecule has 0 radical (unpaired) electrons. The minimum Gasteiger partial charge on any atom is -0.359 e. The Morgan fingerprint density at radius 2 is 2.15 bits per heavy atom. The zero-order valence-corrected chi connectivity index (χ0v) is 15.4. The Morgan fingerprint density at radius 3 is 2.81 bits per heavy atom. The van der Waals surface area contributed by atoms with Gasteiger partial charge in [-0.25, -0.2) is 9.78 Å². The number of hydrogen-bond acceptors (Lipinski definition) is 5. The van der Waals surface area contributed by atoms with E-state index in [1.165, 1.54) is 0 Å². The molecular weight excluding hydrogens is 344 g/mol. The van der Waals surface area contributed by atoms with Gasteiger partial charge in [0.15, 0.2) is 5.76 Å². The smallest absolute Gasteiger partial charge is 0.318 e. The number of nitrogens with zero attached hydrogens (tertiary/aromatic N) is 5. The number of amides is 2. The van der Waals surface area contributed by atoms with Crippen molar-refractivity contribution in [2.75, 3.05) is 7.05 Å². The second kappa shape index (κ2) is 7.22. The molecule has 8 heteroatoms. The summed E-state index contributed by atoms with van der Waals surface area (Å²) in [5, 5.41) is 7.19. The molecule has 0 spiro atoms. The first-order valence-electron chi connectivity index (χ1n) is 8.96. The number of pyridine rings is 1. The average molecular weight is 366 g/mol. The fraction of sp³-hybridized carbons (Fsp3) is 0.368. The second-order valence-corrected chi connectivity index (χ2v) is 6.93. The van der Waals surface area contributed by atoms with Gasteiger partial charge in [-0.3, -0.25) is 4.98 Å². The molecule has 1 saturated carbocycles. The SMILES string of the molecule is CN(Cc1cc(-c2ccncc2)no1)C(=O)NC(c1nccn1C)C1CC1. The van der Waals surface area contributed by atoms with Crippen molar-refractivity contribution in [3.63, 3.8) is 0 Å². The van der Waals surface area contributed by atoms with E-state index < -0.39 is 0 Å². The van der Waals surface area contributed by atoms with Gasteiger partial charge in [0, 0.05) is 50.5 Å². The van der Waals surface area contributed by atoms with E-state index >= 15 is 0 Å². The van der Waals surface area contributed by atoms with Gasteiger partial charge in [0.2, 0.25) is 0 Å². The van der Waals surface area contributed by atoms with Gasteiger partial charge in [-0.15, -0.1) is 0 Å². The normalized spacial score (nSPS) is 14.7. The molecule has 27 heavy (non-hydrogen) atoms. The number of carbonyl (C=O) groups is 1. The number of aryl methyl sites for hydroxylation is 1. The highest BCUT2D eigenvalue weighted by molar-refractivity contribution is 5.74. The summed E-state index contributed by atoms with van der Waals surface area (Å²) in [6.45, 7) is 0.335. The molecule has 1 N–H and O–H groups in total. The number of hydrogen-bond donors (Lipinski definition) is 1. The standard InChI is InChI=1S/C19H22N6O2/c1-24-10-9-21-18(24)17(14-3-4-14)22-19(26)25(2)12-15-11-16(23-27-15)13-5-7-20-8-6-13/h5-11,14,17H,3-4,12H2,1-2H3,(H,22,26). The summed E-state index contributed by atoms with van der Waals surface area (Å²) in [6.07, 6.45) is 9.29. The van der Waals surface area contributed by atoms with Crippen LogP contribution in [0.5, 0.6) is 0 Å². The fourth-order valence-electron chi connectivity index (χ4n) is 3.09. The first-order chi connectivity index (χ1) is 13.1. The van der Waals surface area contributed by atoms with Crippen LogP contribution in [0.3, 0.4) is 0 Å². The van der Waals surface area contributed by atoms with Crippen LogP contribution in [-0.4, -0.2) is 37.7 Å². The van der Waals surface area contributed by atoms with Crippen LogP contribution in [0.2, 0.25) is 0 Å². The Balaban J connectivity index is 1.41. The highest BCUT2D eigenvalue weighted by Gasteiger charge is 2.36. The highest BCUT2D eigenvalue weighted by Crippen LogP contribution is 2.40. The third kappa shape index (κ3) is 3.84. The molecule has 3 aromatic heterocycles. The molecule has 3 aromatic rings. The van der Waals surface area contributed by atoms with E-state index in [1.807, 2.05) is 36.0 Å². The Labute approximate surface area is 157 Å². The molecule has 0 bridgehead atoms. The highest BCUT2D eigenvalue weighted by atomic mass is 16.5. The fourth-order valence-corrected chi connectivity index (χ4v) is 3.09. The molecule has 1 fully saturated rings. The van der Waals surface area contributed by atoms with Crippen LogP contribution in [0.4, 0.5) is 4.79 Å². The lowest BCUT2D eigenvalue weighted by Gasteiger charge is -2.22. The van der Waals surface area contributed by atoms with Gasteiger partial charge in [0.05, 0.1) is 12.6 Å². The minimum absolute atomic E-state index is 0.0675. The van der Waals surface area contributed by atoms with Gasteiger partial charge in [-0.05, 0) is 30.9 Å². The van der Waals surface area contributed by atoms with Gasteiger partial charge in [0.25, 0.3) is 0 Å². The molecule has 3 heterocycles. The van der Waals surface area contributed by atoms with E-state index in [9.17, 15) is 4.79 Å². The zero-order chi connectivity index (χ0) is 18.8. The van der Waals surface area contributed by atoms with Gasteiger partial charge in [-0.1, -0.05) is 5.16 Å². The van der Waals surface area contributed by atoms with Gasteiger partial charge in [-0.2, -0.15) is 0 Å². The molecule has 0 saturated heterocycles. The maximum absolute atomic E-state index is 12.7. The van der Waals surface area contributed by atoms with Crippen molar-refractivity contribution >= 4 is 6.03 Å².